The summed E-state index contributed by atoms with van der Waals surface area (Å²) in [7, 11) is 2.21. The second kappa shape index (κ2) is 4.94. The summed E-state index contributed by atoms with van der Waals surface area (Å²) in [4.78, 5) is 13.3. The van der Waals surface area contributed by atoms with Crippen molar-refractivity contribution >= 4 is 5.91 Å². The first-order chi connectivity index (χ1) is 7.25. The van der Waals surface area contributed by atoms with E-state index in [0.29, 0.717) is 6.04 Å². The van der Waals surface area contributed by atoms with Gasteiger partial charge in [-0.2, -0.15) is 0 Å². The molecule has 86 valence electrons. The Morgan fingerprint density at radius 3 is 2.67 bits per heavy atom. The number of nitrogens with one attached hydrogen (secondary N) is 2. The summed E-state index contributed by atoms with van der Waals surface area (Å²) in [6.07, 6.45) is 3.95. The maximum Gasteiger partial charge on any atom is 0.249 e. The quantitative estimate of drug-likeness (QED) is 0.615. The van der Waals surface area contributed by atoms with Gasteiger partial charge in [-0.1, -0.05) is 0 Å². The van der Waals surface area contributed by atoms with Crippen molar-refractivity contribution in [2.75, 3.05) is 26.7 Å². The molecular formula is C11H21N2O2+. The molecule has 1 atom stereocenters. The van der Waals surface area contributed by atoms with Crippen LogP contribution in [0, 0.1) is 0 Å². The normalized spacial score (nSPS) is 36.5. The lowest BCUT2D eigenvalue weighted by Gasteiger charge is -2.27. The molecular weight excluding hydrogens is 192 g/mol. The van der Waals surface area contributed by atoms with Crippen molar-refractivity contribution in [1.82, 2.24) is 5.32 Å². The van der Waals surface area contributed by atoms with Gasteiger partial charge in [0, 0.05) is 25.5 Å². The molecule has 0 radical (unpaired) electrons. The number of carbonyl (C=O) groups is 1. The lowest BCUT2D eigenvalue weighted by Crippen LogP contribution is -3.10. The van der Waals surface area contributed by atoms with Crippen LogP contribution >= 0.6 is 0 Å². The number of rotatable bonds is 2. The third-order valence-electron chi connectivity index (χ3n) is 3.41. The zero-order valence-corrected chi connectivity index (χ0v) is 9.42. The smallest absolute Gasteiger partial charge is 0.249 e. The fraction of sp³-hybridized carbons (Fsp3) is 0.909. The first-order valence-electron chi connectivity index (χ1n) is 5.99. The van der Waals surface area contributed by atoms with E-state index in [0.717, 1.165) is 45.4 Å². The summed E-state index contributed by atoms with van der Waals surface area (Å²) in [6.45, 7) is 3.07. The van der Waals surface area contributed by atoms with E-state index >= 15 is 0 Å². The Labute approximate surface area is 91.0 Å². The van der Waals surface area contributed by atoms with Gasteiger partial charge in [-0.3, -0.25) is 4.79 Å². The first kappa shape index (κ1) is 10.9. The lowest BCUT2D eigenvalue weighted by molar-refractivity contribution is -0.884. The van der Waals surface area contributed by atoms with Gasteiger partial charge in [0.1, 0.15) is 6.10 Å². The zero-order valence-electron chi connectivity index (χ0n) is 9.42. The molecule has 0 spiro atoms. The van der Waals surface area contributed by atoms with Gasteiger partial charge in [0.25, 0.3) is 0 Å². The molecule has 2 aliphatic rings. The zero-order chi connectivity index (χ0) is 10.7. The molecule has 2 rings (SSSR count). The summed E-state index contributed by atoms with van der Waals surface area (Å²) in [5, 5.41) is 3.10. The Balaban J connectivity index is 1.74. The monoisotopic (exact) mass is 213 g/mol. The Morgan fingerprint density at radius 2 is 2.07 bits per heavy atom. The number of hydrogen-bond acceptors (Lipinski definition) is 2. The molecule has 4 heteroatoms. The number of hydrogen-bond donors (Lipinski definition) is 2. The maximum absolute atomic E-state index is 11.8. The Morgan fingerprint density at radius 1 is 1.33 bits per heavy atom. The molecule has 2 aliphatic heterocycles. The van der Waals surface area contributed by atoms with E-state index in [1.165, 1.54) is 0 Å². The number of likely N-dealkylation sites (tertiary alicyclic amines) is 1. The number of ether oxygens (including phenoxy) is 1. The summed E-state index contributed by atoms with van der Waals surface area (Å²) in [5.74, 6) is 0.108. The largest absolute Gasteiger partial charge is 0.368 e. The van der Waals surface area contributed by atoms with Gasteiger partial charge in [-0.15, -0.1) is 0 Å². The molecule has 2 heterocycles. The van der Waals surface area contributed by atoms with E-state index < -0.39 is 0 Å². The second-order valence-electron chi connectivity index (χ2n) is 4.74. The van der Waals surface area contributed by atoms with Crippen LogP contribution in [-0.2, 0) is 9.53 Å². The molecule has 2 N–H and O–H groups in total. The fourth-order valence-electron chi connectivity index (χ4n) is 2.33. The van der Waals surface area contributed by atoms with Gasteiger partial charge in [0.05, 0.1) is 20.1 Å². The van der Waals surface area contributed by atoms with E-state index in [4.69, 9.17) is 4.74 Å². The third kappa shape index (κ3) is 2.92. The summed E-state index contributed by atoms with van der Waals surface area (Å²) >= 11 is 0. The molecule has 2 fully saturated rings. The Hall–Kier alpha value is -0.610. The van der Waals surface area contributed by atoms with Crippen LogP contribution in [-0.4, -0.2) is 44.8 Å². The van der Waals surface area contributed by atoms with Crippen LogP contribution < -0.4 is 10.2 Å². The van der Waals surface area contributed by atoms with Crippen molar-refractivity contribution in [3.05, 3.63) is 0 Å². The standard InChI is InChI=1S/C11H20N2O2/c1-13-6-4-9(5-7-13)12-11(14)10-3-2-8-15-10/h9-10H,2-8H2,1H3,(H,12,14)/p+1/t10-/m1/s1. The van der Waals surface area contributed by atoms with Crippen LogP contribution in [0.25, 0.3) is 0 Å². The van der Waals surface area contributed by atoms with Gasteiger partial charge in [-0.05, 0) is 12.8 Å². The summed E-state index contributed by atoms with van der Waals surface area (Å²) in [5.41, 5.74) is 0. The van der Waals surface area contributed by atoms with Crippen LogP contribution in [0.5, 0.6) is 0 Å². The van der Waals surface area contributed by atoms with Gasteiger partial charge >= 0.3 is 0 Å². The Bertz CT molecular complexity index is 219. The molecule has 0 bridgehead atoms. The lowest BCUT2D eigenvalue weighted by atomic mass is 10.1. The number of piperidine rings is 1. The summed E-state index contributed by atoms with van der Waals surface area (Å²) < 4.78 is 5.36. The van der Waals surface area contributed by atoms with Crippen molar-refractivity contribution in [2.24, 2.45) is 0 Å². The van der Waals surface area contributed by atoms with E-state index in [1.807, 2.05) is 0 Å². The minimum atomic E-state index is -0.169. The molecule has 1 amide bonds. The minimum absolute atomic E-state index is 0.108. The third-order valence-corrected chi connectivity index (χ3v) is 3.41. The topological polar surface area (TPSA) is 42.8 Å². The fourth-order valence-corrected chi connectivity index (χ4v) is 2.33. The van der Waals surface area contributed by atoms with E-state index in [2.05, 4.69) is 12.4 Å². The predicted molar refractivity (Wildman–Crippen MR) is 56.8 cm³/mol. The van der Waals surface area contributed by atoms with Crippen molar-refractivity contribution in [1.29, 1.82) is 0 Å². The van der Waals surface area contributed by atoms with Crippen molar-refractivity contribution in [2.45, 2.75) is 37.8 Å². The molecule has 0 saturated carbocycles. The molecule has 0 aromatic heterocycles. The van der Waals surface area contributed by atoms with Gasteiger partial charge in [0.15, 0.2) is 0 Å². The van der Waals surface area contributed by atoms with E-state index in [9.17, 15) is 4.79 Å². The molecule has 4 nitrogen and oxygen atoms in total. The van der Waals surface area contributed by atoms with Gasteiger partial charge in [-0.25, -0.2) is 0 Å². The minimum Gasteiger partial charge on any atom is -0.368 e. The molecule has 15 heavy (non-hydrogen) atoms. The van der Waals surface area contributed by atoms with Crippen LogP contribution in [0.2, 0.25) is 0 Å². The van der Waals surface area contributed by atoms with Crippen molar-refractivity contribution in [3.8, 4) is 0 Å². The highest BCUT2D eigenvalue weighted by atomic mass is 16.5. The molecule has 0 aromatic rings. The van der Waals surface area contributed by atoms with Crippen molar-refractivity contribution < 1.29 is 14.4 Å². The first-order valence-corrected chi connectivity index (χ1v) is 5.99. The van der Waals surface area contributed by atoms with Crippen LogP contribution in [0.1, 0.15) is 25.7 Å². The molecule has 0 unspecified atom stereocenters. The highest BCUT2D eigenvalue weighted by Gasteiger charge is 2.27. The highest BCUT2D eigenvalue weighted by molar-refractivity contribution is 5.81. The summed E-state index contributed by atoms with van der Waals surface area (Å²) in [6, 6.07) is 0.380. The average molecular weight is 213 g/mol. The average Bonchev–Trinajstić information content (AvgIpc) is 2.74. The highest BCUT2D eigenvalue weighted by Crippen LogP contribution is 2.12. The van der Waals surface area contributed by atoms with Crippen LogP contribution in [0.4, 0.5) is 0 Å². The second-order valence-corrected chi connectivity index (χ2v) is 4.74. The number of amides is 1. The van der Waals surface area contributed by atoms with E-state index in [1.54, 1.807) is 4.90 Å². The van der Waals surface area contributed by atoms with Crippen LogP contribution in [0.3, 0.4) is 0 Å². The maximum atomic E-state index is 11.8. The Kier molecular flexibility index (Phi) is 3.59. The molecule has 0 aliphatic carbocycles. The van der Waals surface area contributed by atoms with Crippen LogP contribution in [0.15, 0.2) is 0 Å². The molecule has 2 saturated heterocycles. The number of carbonyl (C=O) groups excluding carboxylic acids is 1. The number of quaternary nitrogens is 1. The predicted octanol–water partition coefficient (Wildman–Crippen LogP) is -1.04. The SMILES string of the molecule is C[NH+]1CCC(NC(=O)[C@H]2CCCO2)CC1. The van der Waals surface area contributed by atoms with E-state index in [-0.39, 0.29) is 12.0 Å². The van der Waals surface area contributed by atoms with Gasteiger partial charge in [0.2, 0.25) is 5.91 Å². The molecule has 0 aromatic carbocycles. The van der Waals surface area contributed by atoms with Crippen molar-refractivity contribution in [3.63, 3.8) is 0 Å². The van der Waals surface area contributed by atoms with Gasteiger partial charge < -0.3 is 15.0 Å².